The number of esters is 1. The molecule has 36 heavy (non-hydrogen) atoms. The fourth-order valence-corrected chi connectivity index (χ4v) is 5.59. The molecule has 1 saturated heterocycles. The molecule has 2 aliphatic rings. The first-order valence-electron chi connectivity index (χ1n) is 12.4. The number of hydrogen-bond acceptors (Lipinski definition) is 6. The summed E-state index contributed by atoms with van der Waals surface area (Å²) in [5.41, 5.74) is 3.82. The Balaban J connectivity index is 1.59. The number of benzene rings is 1. The highest BCUT2D eigenvalue weighted by atomic mass is 32.1. The van der Waals surface area contributed by atoms with E-state index < -0.39 is 12.0 Å². The van der Waals surface area contributed by atoms with E-state index in [0.717, 1.165) is 11.1 Å². The van der Waals surface area contributed by atoms with Crippen molar-refractivity contribution in [2.75, 3.05) is 39.3 Å². The summed E-state index contributed by atoms with van der Waals surface area (Å²) in [4.78, 5) is 45.1. The van der Waals surface area contributed by atoms with Crippen molar-refractivity contribution in [3.63, 3.8) is 0 Å². The quantitative estimate of drug-likeness (QED) is 0.573. The van der Waals surface area contributed by atoms with Gasteiger partial charge in [0.25, 0.3) is 5.91 Å². The van der Waals surface area contributed by atoms with Gasteiger partial charge in [0.05, 0.1) is 18.2 Å². The molecule has 0 saturated carbocycles. The fourth-order valence-electron chi connectivity index (χ4n) is 4.90. The summed E-state index contributed by atoms with van der Waals surface area (Å²) in [5.74, 6) is -0.387. The third-order valence-electron chi connectivity index (χ3n) is 6.77. The largest absolute Gasteiger partial charge is 0.463 e. The van der Waals surface area contributed by atoms with Gasteiger partial charge in [0.1, 0.15) is 0 Å². The Morgan fingerprint density at radius 2 is 1.89 bits per heavy atom. The van der Waals surface area contributed by atoms with Gasteiger partial charge in [-0.25, -0.2) is 9.59 Å². The minimum absolute atomic E-state index is 0.0145. The van der Waals surface area contributed by atoms with Crippen molar-refractivity contribution in [3.05, 3.63) is 69.1 Å². The molecular weight excluding hydrogens is 476 g/mol. The van der Waals surface area contributed by atoms with E-state index in [2.05, 4.69) is 10.2 Å². The number of carbonyl (C=O) groups is 3. The standard InChI is InChI=1S/C27H34N4O4S/c1-5-30-22(23(26(33)35-6-2)24(28-27(30)34)21-11-14-36-17-21)16-29-12-13-31(19(4)15-29)25(32)20-9-7-18(3)8-10-20/h7-11,14,17,19,24H,5-6,12-13,15-16H2,1-4H3,(H,28,34). The summed E-state index contributed by atoms with van der Waals surface area (Å²) in [5, 5.41) is 6.87. The molecule has 2 aliphatic heterocycles. The van der Waals surface area contributed by atoms with E-state index in [-0.39, 0.29) is 24.6 Å². The van der Waals surface area contributed by atoms with Crippen LogP contribution in [0.15, 0.2) is 52.4 Å². The average Bonchev–Trinajstić information content (AvgIpc) is 3.39. The first kappa shape index (κ1) is 25.9. The number of amides is 3. The monoisotopic (exact) mass is 510 g/mol. The van der Waals surface area contributed by atoms with E-state index in [9.17, 15) is 14.4 Å². The molecule has 2 atom stereocenters. The molecule has 0 bridgehead atoms. The highest BCUT2D eigenvalue weighted by Gasteiger charge is 2.39. The average molecular weight is 511 g/mol. The molecule has 2 aromatic rings. The van der Waals surface area contributed by atoms with Crippen LogP contribution >= 0.6 is 11.3 Å². The molecule has 2 unspecified atom stereocenters. The SMILES string of the molecule is CCOC(=O)C1=C(CN2CCN(C(=O)c3ccc(C)cc3)C(C)C2)N(CC)C(=O)NC1c1ccsc1. The van der Waals surface area contributed by atoms with Gasteiger partial charge in [-0.2, -0.15) is 11.3 Å². The van der Waals surface area contributed by atoms with Crippen LogP contribution in [0.4, 0.5) is 4.79 Å². The molecule has 3 amide bonds. The van der Waals surface area contributed by atoms with Crippen molar-refractivity contribution >= 4 is 29.2 Å². The second-order valence-corrected chi connectivity index (χ2v) is 9.99. The molecule has 4 rings (SSSR count). The Morgan fingerprint density at radius 1 is 1.14 bits per heavy atom. The molecule has 192 valence electrons. The molecule has 0 spiro atoms. The maximum atomic E-state index is 13.2. The molecular formula is C27H34N4O4S. The lowest BCUT2D eigenvalue weighted by Crippen LogP contribution is -2.56. The Labute approximate surface area is 216 Å². The number of ether oxygens (including phenoxy) is 1. The van der Waals surface area contributed by atoms with Crippen molar-refractivity contribution in [1.29, 1.82) is 0 Å². The summed E-state index contributed by atoms with van der Waals surface area (Å²) in [7, 11) is 0. The van der Waals surface area contributed by atoms with E-state index in [4.69, 9.17) is 4.74 Å². The summed E-state index contributed by atoms with van der Waals surface area (Å²) in [6.45, 7) is 10.7. The van der Waals surface area contributed by atoms with E-state index >= 15 is 0 Å². The molecule has 1 fully saturated rings. The second-order valence-electron chi connectivity index (χ2n) is 9.21. The first-order chi connectivity index (χ1) is 17.3. The van der Waals surface area contributed by atoms with Gasteiger partial charge >= 0.3 is 12.0 Å². The van der Waals surface area contributed by atoms with Gasteiger partial charge in [0.2, 0.25) is 0 Å². The molecule has 1 aromatic heterocycles. The van der Waals surface area contributed by atoms with Gasteiger partial charge < -0.3 is 15.0 Å². The van der Waals surface area contributed by atoms with Crippen molar-refractivity contribution in [2.24, 2.45) is 0 Å². The third-order valence-corrected chi connectivity index (χ3v) is 7.47. The van der Waals surface area contributed by atoms with Crippen LogP contribution in [0.5, 0.6) is 0 Å². The van der Waals surface area contributed by atoms with E-state index in [1.165, 1.54) is 11.3 Å². The lowest BCUT2D eigenvalue weighted by molar-refractivity contribution is -0.139. The van der Waals surface area contributed by atoms with Crippen LogP contribution in [-0.2, 0) is 9.53 Å². The second kappa shape index (κ2) is 11.3. The van der Waals surface area contributed by atoms with E-state index in [1.807, 2.05) is 66.8 Å². The molecule has 9 heteroatoms. The van der Waals surface area contributed by atoms with Gasteiger partial charge in [-0.1, -0.05) is 17.7 Å². The number of urea groups is 1. The van der Waals surface area contributed by atoms with Crippen LogP contribution in [0.3, 0.4) is 0 Å². The summed E-state index contributed by atoms with van der Waals surface area (Å²) in [6, 6.07) is 8.78. The van der Waals surface area contributed by atoms with Crippen LogP contribution in [0, 0.1) is 6.92 Å². The number of rotatable bonds is 7. The van der Waals surface area contributed by atoms with Gasteiger partial charge in [-0.3, -0.25) is 14.6 Å². The normalized spacial score (nSPS) is 20.9. The summed E-state index contributed by atoms with van der Waals surface area (Å²) < 4.78 is 5.44. The first-order valence-corrected chi connectivity index (χ1v) is 13.4. The van der Waals surface area contributed by atoms with E-state index in [1.54, 1.807) is 11.8 Å². The van der Waals surface area contributed by atoms with Crippen molar-refractivity contribution in [1.82, 2.24) is 20.0 Å². The van der Waals surface area contributed by atoms with E-state index in [0.29, 0.717) is 49.6 Å². The van der Waals surface area contributed by atoms with Crippen LogP contribution in [0.2, 0.25) is 0 Å². The highest BCUT2D eigenvalue weighted by Crippen LogP contribution is 2.33. The van der Waals surface area contributed by atoms with Crippen molar-refractivity contribution < 1.29 is 19.1 Å². The number of carbonyl (C=O) groups excluding carboxylic acids is 3. The minimum atomic E-state index is -0.553. The lowest BCUT2D eigenvalue weighted by Gasteiger charge is -2.42. The molecule has 1 aromatic carbocycles. The van der Waals surface area contributed by atoms with Crippen molar-refractivity contribution in [2.45, 2.75) is 39.8 Å². The Bertz CT molecular complexity index is 1130. The molecule has 3 heterocycles. The zero-order valence-corrected chi connectivity index (χ0v) is 22.1. The topological polar surface area (TPSA) is 82.2 Å². The Kier molecular flexibility index (Phi) is 8.11. The Hall–Kier alpha value is -3.17. The van der Waals surface area contributed by atoms with Gasteiger partial charge in [0, 0.05) is 50.0 Å². The highest BCUT2D eigenvalue weighted by molar-refractivity contribution is 7.08. The zero-order valence-electron chi connectivity index (χ0n) is 21.3. The van der Waals surface area contributed by atoms with Gasteiger partial charge in [-0.05, 0) is 62.2 Å². The third kappa shape index (κ3) is 5.32. The predicted molar refractivity (Wildman–Crippen MR) is 140 cm³/mol. The number of piperazine rings is 1. The van der Waals surface area contributed by atoms with Gasteiger partial charge in [0.15, 0.2) is 0 Å². The molecule has 1 N–H and O–H groups in total. The Morgan fingerprint density at radius 3 is 2.50 bits per heavy atom. The number of hydrogen-bond donors (Lipinski definition) is 1. The predicted octanol–water partition coefficient (Wildman–Crippen LogP) is 3.81. The maximum Gasteiger partial charge on any atom is 0.338 e. The number of nitrogens with one attached hydrogen (secondary N) is 1. The lowest BCUT2D eigenvalue weighted by atomic mass is 9.95. The molecule has 8 nitrogen and oxygen atoms in total. The van der Waals surface area contributed by atoms with Crippen LogP contribution in [0.25, 0.3) is 0 Å². The van der Waals surface area contributed by atoms with Crippen molar-refractivity contribution in [3.8, 4) is 0 Å². The maximum absolute atomic E-state index is 13.2. The minimum Gasteiger partial charge on any atom is -0.463 e. The van der Waals surface area contributed by atoms with Gasteiger partial charge in [-0.15, -0.1) is 0 Å². The number of aryl methyl sites for hydroxylation is 1. The number of likely N-dealkylation sites (N-methyl/N-ethyl adjacent to an activating group) is 1. The van der Waals surface area contributed by atoms with Crippen LogP contribution in [-0.4, -0.2) is 78.0 Å². The summed E-state index contributed by atoms with van der Waals surface area (Å²) >= 11 is 1.52. The zero-order chi connectivity index (χ0) is 25.8. The smallest absolute Gasteiger partial charge is 0.338 e. The molecule has 0 aliphatic carbocycles. The number of thiophene rings is 1. The number of nitrogens with zero attached hydrogens (tertiary/aromatic N) is 3. The van der Waals surface area contributed by atoms with Crippen LogP contribution in [0.1, 0.15) is 48.3 Å². The summed E-state index contributed by atoms with van der Waals surface area (Å²) in [6.07, 6.45) is 0. The molecule has 0 radical (unpaired) electrons. The fraction of sp³-hybridized carbons (Fsp3) is 0.444. The van der Waals surface area contributed by atoms with Crippen LogP contribution < -0.4 is 5.32 Å².